The van der Waals surface area contributed by atoms with Crippen LogP contribution in [0, 0.1) is 54.3 Å². The molecule has 0 N–H and O–H groups in total. The van der Waals surface area contributed by atoms with E-state index in [4.69, 9.17) is 23.3 Å². The molecule has 5 aromatic heterocycles. The van der Waals surface area contributed by atoms with Gasteiger partial charge in [0.1, 0.15) is 35.2 Å². The summed E-state index contributed by atoms with van der Waals surface area (Å²) in [6.07, 6.45) is 9.73. The van der Waals surface area contributed by atoms with Crippen LogP contribution in [-0.2, 0) is 48.1 Å². The second-order valence-electron chi connectivity index (χ2n) is 20.6. The summed E-state index contributed by atoms with van der Waals surface area (Å²) in [5.41, 5.74) is 19.9. The molecule has 0 aliphatic rings. The van der Waals surface area contributed by atoms with Crippen molar-refractivity contribution in [1.82, 2.24) is 0 Å². The quantitative estimate of drug-likeness (QED) is 0.128. The van der Waals surface area contributed by atoms with Crippen LogP contribution in [0.3, 0.4) is 0 Å². The van der Waals surface area contributed by atoms with Crippen molar-refractivity contribution < 1.29 is 46.1 Å². The van der Waals surface area contributed by atoms with E-state index in [1.165, 1.54) is 29.3 Å². The molecule has 416 valence electrons. The fourth-order valence-corrected chi connectivity index (χ4v) is 9.61. The Balaban J connectivity index is 0.000000195. The summed E-state index contributed by atoms with van der Waals surface area (Å²) in [4.78, 5) is 0. The Morgan fingerprint density at radius 1 is 0.370 bits per heavy atom. The van der Waals surface area contributed by atoms with Gasteiger partial charge in [0.2, 0.25) is 28.5 Å². The van der Waals surface area contributed by atoms with Gasteiger partial charge in [-0.25, -0.2) is 22.8 Å². The summed E-state index contributed by atoms with van der Waals surface area (Å²) in [6, 6.07) is 58.6. The molecule has 1 unspecified atom stereocenters. The Bertz CT molecular complexity index is 4340. The zero-order chi connectivity index (χ0) is 73.1. The maximum atomic E-state index is 8.17. The van der Waals surface area contributed by atoms with Gasteiger partial charge in [-0.2, -0.15) is 0 Å². The average Bonchev–Trinajstić information content (AvgIpc) is 0.749. The van der Waals surface area contributed by atoms with Crippen LogP contribution in [0.2, 0.25) is 0 Å². The second kappa shape index (κ2) is 29.9. The number of rotatable bonds is 9. The van der Waals surface area contributed by atoms with Crippen LogP contribution in [0.15, 0.2) is 213 Å². The first-order valence-electron chi connectivity index (χ1n) is 35.7. The van der Waals surface area contributed by atoms with Gasteiger partial charge >= 0.3 is 0 Å². The van der Waals surface area contributed by atoms with Gasteiger partial charge in [0.25, 0.3) is 0 Å². The fourth-order valence-electron chi connectivity index (χ4n) is 9.61. The van der Waals surface area contributed by atoms with Crippen molar-refractivity contribution >= 4 is 0 Å². The molecule has 0 aliphatic heterocycles. The van der Waals surface area contributed by atoms with Crippen molar-refractivity contribution in [2.45, 2.75) is 101 Å². The zero-order valence-electron chi connectivity index (χ0n) is 66.4. The molecule has 5 aromatic carbocycles. The van der Waals surface area contributed by atoms with E-state index in [-0.39, 0.29) is 12.8 Å². The van der Waals surface area contributed by atoms with Gasteiger partial charge in [-0.15, -0.1) is 0 Å². The highest BCUT2D eigenvalue weighted by Gasteiger charge is 2.16. The zero-order valence-corrected chi connectivity index (χ0v) is 49.4. The highest BCUT2D eigenvalue weighted by molar-refractivity contribution is 5.65. The molecule has 0 spiro atoms. The van der Waals surface area contributed by atoms with Crippen LogP contribution in [0.5, 0.6) is 0 Å². The topological polar surface area (TPSA) is 19.4 Å². The molecule has 5 heterocycles. The standard InChI is InChI=1S/C17H22N.C16H20N.C15H18N.2C14H16N/c1-13(2)11-15-8-9-16(14(3)12-15)17-7-5-6-10-18(17)4;1-12(2)14-8-9-15(13(3)11-14)16-7-5-6-10-17(16)4;1-4-13-8-9-14(12(2)11-13)15-7-5-6-10-16(15)3;1-11-7-8-13(12(2)10-11)14-6-4-5-9-15(14)3;1-11-7-8-12(2)13(10-11)14-6-4-5-9-15(14)3/h5-10,12-13H,11H2,1-4H3;5-12H,1-4H3;5-11H,4H2,1-3H3;2*4-10H,1-3H3/q5*+1/i1D3,2D3,13D;1D3,12D;2*1D3;. The van der Waals surface area contributed by atoms with Crippen LogP contribution in [0.4, 0.5) is 0 Å². The van der Waals surface area contributed by atoms with Gasteiger partial charge in [0.05, 0.1) is 0 Å². The van der Waals surface area contributed by atoms with Crippen LogP contribution in [0.25, 0.3) is 56.3 Å². The van der Waals surface area contributed by atoms with Crippen molar-refractivity contribution in [3.63, 3.8) is 0 Å². The van der Waals surface area contributed by atoms with Gasteiger partial charge < -0.3 is 0 Å². The van der Waals surface area contributed by atoms with E-state index in [2.05, 4.69) is 78.7 Å². The SMILES string of the molecule is Cc1ccc(C)c(-c2cccc[n+]2C)c1.[2H]C([2H])([2H])C([2H])(C)c1ccc(-c2cccc[n+]2C)c(C)c1.[2H]C([2H])([2H])C([2H])(Cc1ccc(-c2cccc[n+]2C)c(C)c1)C([2H])([2H])[2H].[2H]C([2H])([2H])Cc1ccc(-c2cccc[n+]2C)c(C)c1.[2H]C([2H])([2H])c1ccc(-c2cccc[n+]2C)c(C)c1. The lowest BCUT2D eigenvalue weighted by Crippen LogP contribution is -2.30. The van der Waals surface area contributed by atoms with Crippen LogP contribution >= 0.6 is 0 Å². The summed E-state index contributed by atoms with van der Waals surface area (Å²) in [7, 11) is 9.97. The summed E-state index contributed by atoms with van der Waals surface area (Å²) in [6.45, 7) is 1.41. The Labute approximate surface area is 512 Å². The molecule has 5 heteroatoms. The van der Waals surface area contributed by atoms with Crippen molar-refractivity contribution in [2.75, 3.05) is 0 Å². The summed E-state index contributed by atoms with van der Waals surface area (Å²) < 4.78 is 139. The number of aromatic nitrogens is 5. The third-order valence-corrected chi connectivity index (χ3v) is 14.1. The van der Waals surface area contributed by atoms with Crippen LogP contribution in [0.1, 0.15) is 119 Å². The van der Waals surface area contributed by atoms with Gasteiger partial charge in [0, 0.05) is 112 Å². The van der Waals surface area contributed by atoms with Crippen LogP contribution in [-0.4, -0.2) is 0 Å². The first kappa shape index (κ1) is 41.8. The third-order valence-electron chi connectivity index (χ3n) is 14.1. The Kier molecular flexibility index (Phi) is 15.4. The molecule has 5 nitrogen and oxygen atoms in total. The van der Waals surface area contributed by atoms with E-state index >= 15 is 0 Å². The van der Waals surface area contributed by atoms with E-state index in [0.717, 1.165) is 72.8 Å². The summed E-state index contributed by atoms with van der Waals surface area (Å²) in [5.74, 6) is -4.14. The molecule has 0 amide bonds. The number of aryl methyl sites for hydroxylation is 13. The first-order chi connectivity index (χ1) is 45.4. The molecule has 0 fully saturated rings. The molecule has 81 heavy (non-hydrogen) atoms. The monoisotopic (exact) mass is 1090 g/mol. The number of benzene rings is 5. The van der Waals surface area contributed by atoms with E-state index in [1.807, 2.05) is 204 Å². The predicted molar refractivity (Wildman–Crippen MR) is 340 cm³/mol. The Hall–Kier alpha value is -8.15. The highest BCUT2D eigenvalue weighted by atomic mass is 14.9. The van der Waals surface area contributed by atoms with E-state index < -0.39 is 46.0 Å². The molecule has 0 saturated carbocycles. The Morgan fingerprint density at radius 2 is 0.765 bits per heavy atom. The molecule has 10 rings (SSSR count). The number of hydrogen-bond donors (Lipinski definition) is 0. The smallest absolute Gasteiger partial charge is 0.201 e. The van der Waals surface area contributed by atoms with Crippen molar-refractivity contribution in [1.29, 1.82) is 0 Å². The summed E-state index contributed by atoms with van der Waals surface area (Å²) in [5, 5.41) is 0. The van der Waals surface area contributed by atoms with Crippen molar-refractivity contribution in [3.05, 3.63) is 269 Å². The Morgan fingerprint density at radius 3 is 1.16 bits per heavy atom. The van der Waals surface area contributed by atoms with Crippen LogP contribution < -0.4 is 22.8 Å². The fraction of sp³-hybridized carbons (Fsp3) is 0.276. The predicted octanol–water partition coefficient (Wildman–Crippen LogP) is 15.9. The molecule has 10 aromatic rings. The minimum atomic E-state index is -2.91. The minimum absolute atomic E-state index is 0.120. The molecule has 0 bridgehead atoms. The van der Waals surface area contributed by atoms with Crippen molar-refractivity contribution in [2.24, 2.45) is 41.1 Å². The lowest BCUT2D eigenvalue weighted by atomic mass is 9.96. The normalized spacial score (nSPS) is 15.3. The number of nitrogens with zero attached hydrogens (tertiary/aromatic N) is 5. The molecular weight excluding hydrogens is 983 g/mol. The lowest BCUT2D eigenvalue weighted by Gasteiger charge is -2.09. The summed E-state index contributed by atoms with van der Waals surface area (Å²) >= 11 is 0. The van der Waals surface area contributed by atoms with Crippen molar-refractivity contribution in [3.8, 4) is 56.3 Å². The van der Waals surface area contributed by atoms with Gasteiger partial charge in [-0.1, -0.05) is 106 Å². The largest absolute Gasteiger partial charge is 0.212 e. The third kappa shape index (κ3) is 17.4. The van der Waals surface area contributed by atoms with E-state index in [0.29, 0.717) is 16.7 Å². The van der Waals surface area contributed by atoms with Gasteiger partial charge in [-0.05, 0) is 178 Å². The lowest BCUT2D eigenvalue weighted by molar-refractivity contribution is -0.660. The maximum absolute atomic E-state index is 8.17. The van der Waals surface area contributed by atoms with E-state index in [1.54, 1.807) is 30.3 Å². The van der Waals surface area contributed by atoms with Gasteiger partial charge in [0.15, 0.2) is 31.0 Å². The average molecular weight is 1090 g/mol. The number of pyridine rings is 5. The minimum Gasteiger partial charge on any atom is -0.201 e. The molecular formula is C76H92N5+5. The first-order valence-corrected chi connectivity index (χ1v) is 27.2. The van der Waals surface area contributed by atoms with E-state index in [9.17, 15) is 0 Å². The highest BCUT2D eigenvalue weighted by Crippen LogP contribution is 2.27. The molecule has 0 radical (unpaired) electrons. The molecule has 1 atom stereocenters. The molecule has 0 saturated heterocycles. The maximum Gasteiger partial charge on any atom is 0.212 e. The number of hydrogen-bond acceptors (Lipinski definition) is 0. The van der Waals surface area contributed by atoms with Gasteiger partial charge in [-0.3, -0.25) is 0 Å². The molecule has 0 aliphatic carbocycles. The second-order valence-corrected chi connectivity index (χ2v) is 20.6.